The molecule has 0 spiro atoms. The van der Waals surface area contributed by atoms with Crippen molar-refractivity contribution in [3.05, 3.63) is 52.3 Å². The minimum Gasteiger partial charge on any atom is -0.375 e. The molecule has 1 aliphatic heterocycles. The van der Waals surface area contributed by atoms with Crippen LogP contribution < -0.4 is 16.0 Å². The first-order valence-corrected chi connectivity index (χ1v) is 13.2. The Kier molecular flexibility index (Phi) is 8.05. The van der Waals surface area contributed by atoms with E-state index in [1.165, 1.54) is 23.9 Å². The van der Waals surface area contributed by atoms with E-state index in [4.69, 9.17) is 40.2 Å². The Morgan fingerprint density at radius 1 is 1.09 bits per heavy atom. The predicted octanol–water partition coefficient (Wildman–Crippen LogP) is 5.63. The number of alkyl halides is 5. The number of carbonyl (C=O) groups excluding carboxylic acids is 1. The first kappa shape index (κ1) is 30.6. The molecule has 2 amide bonds. The van der Waals surface area contributed by atoms with Crippen molar-refractivity contribution in [1.82, 2.24) is 34.3 Å². The number of ether oxygens (including phenoxy) is 1. The lowest BCUT2D eigenvalue weighted by Crippen LogP contribution is -2.59. The number of rotatable bonds is 6. The number of nitrogens with one attached hydrogen (secondary N) is 3. The van der Waals surface area contributed by atoms with E-state index in [0.29, 0.717) is 17.4 Å². The smallest absolute Gasteiger partial charge is 0.375 e. The van der Waals surface area contributed by atoms with Crippen LogP contribution in [0.25, 0.3) is 11.5 Å². The van der Waals surface area contributed by atoms with Gasteiger partial charge in [0, 0.05) is 13.2 Å². The Labute approximate surface area is 254 Å². The molecule has 1 saturated heterocycles. The summed E-state index contributed by atoms with van der Waals surface area (Å²) in [5, 5.41) is 15.2. The van der Waals surface area contributed by atoms with Crippen molar-refractivity contribution in [2.75, 3.05) is 36.1 Å². The maximum Gasteiger partial charge on any atom is 0.420 e. The van der Waals surface area contributed by atoms with Crippen LogP contribution >= 0.6 is 35.4 Å². The van der Waals surface area contributed by atoms with E-state index in [2.05, 4.69) is 36.1 Å². The molecule has 0 unspecified atom stereocenters. The lowest BCUT2D eigenvalue weighted by atomic mass is 10.2. The zero-order valence-corrected chi connectivity index (χ0v) is 24.2. The normalized spacial score (nSPS) is 15.2. The van der Waals surface area contributed by atoms with E-state index in [-0.39, 0.29) is 32.5 Å². The Morgan fingerprint density at radius 3 is 2.47 bits per heavy atom. The molecular weight excluding hydrogens is 646 g/mol. The number of amides is 2. The largest absolute Gasteiger partial charge is 0.420 e. The fraction of sp³-hybridized carbons (Fsp3) is 0.304. The van der Waals surface area contributed by atoms with Gasteiger partial charge in [-0.1, -0.05) is 23.2 Å². The average Bonchev–Trinajstić information content (AvgIpc) is 3.47. The standard InChI is InChI=1S/C23H19Cl2F5N10O2S/c1-10(42-2)17-13(6-31-16-4-15(24)36-40(16)17)34-20(41)33-11-3-12(23(28,29)30)19(32-5-11)39-7-14(18(25)37-39)35-21(43)38-8-22(26,27)9-38/h3-7,10H,8-9H2,1-2H3,(H,35,43)(H2,33,34,41)/t10-/m0/s1. The second kappa shape index (κ2) is 11.3. The second-order valence-corrected chi connectivity index (χ2v) is 10.4. The van der Waals surface area contributed by atoms with E-state index in [9.17, 15) is 26.7 Å². The number of fused-ring (bicyclic) bond motifs is 1. The molecule has 4 aromatic heterocycles. The first-order chi connectivity index (χ1) is 20.1. The third-order valence-corrected chi connectivity index (χ3v) is 6.99. The van der Waals surface area contributed by atoms with Crippen LogP contribution in [0.15, 0.2) is 30.7 Å². The number of carbonyl (C=O) groups is 1. The third-order valence-electron chi connectivity index (χ3n) is 6.17. The maximum atomic E-state index is 14.1. The SMILES string of the molecule is CO[C@@H](C)c1c(NC(=O)Nc2cnc(-n3cc(NC(=S)N4CC(F)(F)C4)c(Cl)n3)c(C(F)(F)F)c2)cnc2cc(Cl)nn12. The van der Waals surface area contributed by atoms with Gasteiger partial charge in [-0.15, -0.1) is 0 Å². The summed E-state index contributed by atoms with van der Waals surface area (Å²) in [5.74, 6) is -3.56. The molecule has 5 rings (SSSR count). The number of urea groups is 1. The van der Waals surface area contributed by atoms with Crippen molar-refractivity contribution in [3.63, 3.8) is 0 Å². The molecule has 0 aromatic carbocycles. The van der Waals surface area contributed by atoms with Crippen molar-refractivity contribution in [2.24, 2.45) is 0 Å². The predicted molar refractivity (Wildman–Crippen MR) is 150 cm³/mol. The molecule has 4 aromatic rings. The van der Waals surface area contributed by atoms with Gasteiger partial charge in [-0.25, -0.2) is 32.7 Å². The summed E-state index contributed by atoms with van der Waals surface area (Å²) < 4.78 is 76.0. The van der Waals surface area contributed by atoms with Gasteiger partial charge in [0.1, 0.15) is 5.56 Å². The van der Waals surface area contributed by atoms with Crippen LogP contribution in [0.3, 0.4) is 0 Å². The highest BCUT2D eigenvalue weighted by Gasteiger charge is 2.45. The maximum absolute atomic E-state index is 14.1. The fourth-order valence-electron chi connectivity index (χ4n) is 4.12. The number of thiocarbonyl (C=S) groups is 1. The molecular formula is C23H19Cl2F5N10O2S. The topological polar surface area (TPSA) is 127 Å². The van der Waals surface area contributed by atoms with Gasteiger partial charge in [-0.05, 0) is 25.2 Å². The molecule has 3 N–H and O–H groups in total. The summed E-state index contributed by atoms with van der Waals surface area (Å²) in [6.45, 7) is 0.467. The molecule has 0 bridgehead atoms. The zero-order chi connectivity index (χ0) is 31.3. The summed E-state index contributed by atoms with van der Waals surface area (Å²) in [4.78, 5) is 22.0. The zero-order valence-electron chi connectivity index (χ0n) is 21.9. The third kappa shape index (κ3) is 6.41. The second-order valence-electron chi connectivity index (χ2n) is 9.26. The molecule has 1 atom stereocenters. The van der Waals surface area contributed by atoms with Crippen LogP contribution in [0.2, 0.25) is 10.3 Å². The molecule has 0 radical (unpaired) electrons. The highest BCUT2D eigenvalue weighted by Crippen LogP contribution is 2.36. The highest BCUT2D eigenvalue weighted by molar-refractivity contribution is 7.80. The van der Waals surface area contributed by atoms with Gasteiger partial charge < -0.3 is 25.6 Å². The van der Waals surface area contributed by atoms with Gasteiger partial charge in [0.2, 0.25) is 0 Å². The van der Waals surface area contributed by atoms with Crippen molar-refractivity contribution in [3.8, 4) is 5.82 Å². The minimum atomic E-state index is -4.93. The lowest BCUT2D eigenvalue weighted by molar-refractivity contribution is -0.137. The van der Waals surface area contributed by atoms with E-state index < -0.39 is 48.7 Å². The molecule has 20 heteroatoms. The molecule has 0 aliphatic carbocycles. The Morgan fingerprint density at radius 2 is 1.81 bits per heavy atom. The van der Waals surface area contributed by atoms with Gasteiger partial charge in [0.05, 0.1) is 60.5 Å². The summed E-state index contributed by atoms with van der Waals surface area (Å²) in [5.41, 5.74) is -0.674. The van der Waals surface area contributed by atoms with Crippen LogP contribution in [-0.4, -0.2) is 71.5 Å². The number of hydrogen-bond acceptors (Lipinski definition) is 7. The van der Waals surface area contributed by atoms with E-state index >= 15 is 0 Å². The van der Waals surface area contributed by atoms with Crippen LogP contribution in [0.1, 0.15) is 24.3 Å². The van der Waals surface area contributed by atoms with Crippen LogP contribution in [0, 0.1) is 0 Å². The van der Waals surface area contributed by atoms with Crippen molar-refractivity contribution < 1.29 is 31.5 Å². The van der Waals surface area contributed by atoms with Crippen molar-refractivity contribution in [2.45, 2.75) is 25.1 Å². The Bertz CT molecular complexity index is 1720. The first-order valence-electron chi connectivity index (χ1n) is 12.1. The van der Waals surface area contributed by atoms with Gasteiger partial charge in [-0.2, -0.15) is 23.4 Å². The van der Waals surface area contributed by atoms with Crippen LogP contribution in [-0.2, 0) is 10.9 Å². The van der Waals surface area contributed by atoms with E-state index in [0.717, 1.165) is 22.0 Å². The van der Waals surface area contributed by atoms with Crippen LogP contribution in [0.4, 0.5) is 43.8 Å². The molecule has 0 saturated carbocycles. The Balaban J connectivity index is 1.37. The summed E-state index contributed by atoms with van der Waals surface area (Å²) >= 11 is 17.1. The Hall–Kier alpha value is -3.87. The average molecular weight is 665 g/mol. The van der Waals surface area contributed by atoms with Crippen LogP contribution in [0.5, 0.6) is 0 Å². The fourth-order valence-corrected chi connectivity index (χ4v) is 4.71. The summed E-state index contributed by atoms with van der Waals surface area (Å²) in [6, 6.07) is 1.24. The van der Waals surface area contributed by atoms with E-state index in [1.807, 2.05) is 0 Å². The minimum absolute atomic E-state index is 0.0245. The molecule has 1 aliphatic rings. The number of anilines is 3. The van der Waals surface area contributed by atoms with Gasteiger partial charge in [0.25, 0.3) is 5.92 Å². The number of methoxy groups -OCH3 is 1. The van der Waals surface area contributed by atoms with E-state index in [1.54, 1.807) is 6.92 Å². The number of aromatic nitrogens is 6. The molecule has 5 heterocycles. The molecule has 1 fully saturated rings. The van der Waals surface area contributed by atoms with Crippen molar-refractivity contribution >= 4 is 69.3 Å². The summed E-state index contributed by atoms with van der Waals surface area (Å²) in [7, 11) is 1.44. The van der Waals surface area contributed by atoms with Gasteiger partial charge >= 0.3 is 12.2 Å². The lowest BCUT2D eigenvalue weighted by Gasteiger charge is -2.40. The number of halogens is 7. The van der Waals surface area contributed by atoms with Crippen molar-refractivity contribution in [1.29, 1.82) is 0 Å². The molecule has 228 valence electrons. The number of likely N-dealkylation sites (tertiary alicyclic amines) is 1. The number of nitrogens with zero attached hydrogens (tertiary/aromatic N) is 7. The monoisotopic (exact) mass is 664 g/mol. The molecule has 12 nitrogen and oxygen atoms in total. The van der Waals surface area contributed by atoms with Gasteiger partial charge in [-0.3, -0.25) is 0 Å². The van der Waals surface area contributed by atoms with Gasteiger partial charge in [0.15, 0.2) is 26.9 Å². The highest BCUT2D eigenvalue weighted by atomic mass is 35.5. The number of hydrogen-bond donors (Lipinski definition) is 3. The quantitative estimate of drug-likeness (QED) is 0.177. The molecule has 43 heavy (non-hydrogen) atoms. The summed E-state index contributed by atoms with van der Waals surface area (Å²) in [6.07, 6.45) is -2.14. The number of pyridine rings is 1.